The van der Waals surface area contributed by atoms with E-state index in [0.717, 1.165) is 48.3 Å². The monoisotopic (exact) mass is 551 g/mol. The van der Waals surface area contributed by atoms with E-state index in [2.05, 4.69) is 10.3 Å². The van der Waals surface area contributed by atoms with Gasteiger partial charge in [-0.2, -0.15) is 13.2 Å². The zero-order chi connectivity index (χ0) is 28.6. The predicted molar refractivity (Wildman–Crippen MR) is 145 cm³/mol. The Kier molecular flexibility index (Phi) is 7.24. The van der Waals surface area contributed by atoms with Crippen LogP contribution in [0.25, 0.3) is 10.9 Å². The summed E-state index contributed by atoms with van der Waals surface area (Å²) in [4.78, 5) is 33.4. The molecule has 1 N–H and O–H groups in total. The van der Waals surface area contributed by atoms with Crippen LogP contribution in [0.5, 0.6) is 11.6 Å². The van der Waals surface area contributed by atoms with Crippen LogP contribution in [0.4, 0.5) is 18.9 Å². The van der Waals surface area contributed by atoms with Crippen molar-refractivity contribution in [3.63, 3.8) is 0 Å². The number of nitrogens with one attached hydrogen (secondary N) is 1. The molecular formula is C29H28F3N5O3. The highest BCUT2D eigenvalue weighted by Crippen LogP contribution is 2.30. The highest BCUT2D eigenvalue weighted by molar-refractivity contribution is 6.05. The van der Waals surface area contributed by atoms with Gasteiger partial charge in [0.05, 0.1) is 17.4 Å². The lowest BCUT2D eigenvalue weighted by atomic mass is 10.1. The molecule has 1 atom stereocenters. The van der Waals surface area contributed by atoms with Crippen LogP contribution in [0.15, 0.2) is 66.9 Å². The maximum Gasteiger partial charge on any atom is 0.416 e. The molecule has 1 aliphatic heterocycles. The third-order valence-electron chi connectivity index (χ3n) is 7.09. The predicted octanol–water partition coefficient (Wildman–Crippen LogP) is 5.09. The molecule has 1 fully saturated rings. The Hall–Kier alpha value is -4.38. The number of piperazine rings is 1. The van der Waals surface area contributed by atoms with Gasteiger partial charge in [-0.05, 0) is 61.5 Å². The minimum atomic E-state index is -4.47. The van der Waals surface area contributed by atoms with Crippen LogP contribution in [0.3, 0.4) is 0 Å². The lowest BCUT2D eigenvalue weighted by Crippen LogP contribution is -2.52. The zero-order valence-corrected chi connectivity index (χ0v) is 22.2. The standard InChI is InChI=1S/C29H28F3N5O3/c1-18-16-33-12-13-37(18)28(39)25-15-20-14-23(9-10-24(20)36(25)3)40-26-11-8-22(17-34-26)35(2)27(38)19-4-6-21(7-5-19)29(30,31)32/h4-11,14-15,17-18,33H,12-13,16H2,1-3H3/t18-/m0/s1. The van der Waals surface area contributed by atoms with Crippen molar-refractivity contribution in [2.75, 3.05) is 31.6 Å². The first kappa shape index (κ1) is 27.2. The summed E-state index contributed by atoms with van der Waals surface area (Å²) in [6.07, 6.45) is -3.02. The average Bonchev–Trinajstić information content (AvgIpc) is 3.27. The number of nitrogens with zero attached hydrogens (tertiary/aromatic N) is 4. The maximum atomic E-state index is 13.2. The number of amides is 2. The lowest BCUT2D eigenvalue weighted by molar-refractivity contribution is -0.137. The number of carbonyl (C=O) groups is 2. The van der Waals surface area contributed by atoms with Crippen LogP contribution in [0.2, 0.25) is 0 Å². The van der Waals surface area contributed by atoms with Crippen molar-refractivity contribution in [3.8, 4) is 11.6 Å². The second-order valence-electron chi connectivity index (χ2n) is 9.76. The first-order valence-electron chi connectivity index (χ1n) is 12.7. The molecule has 1 saturated heterocycles. The molecule has 0 unspecified atom stereocenters. The number of halogens is 3. The maximum absolute atomic E-state index is 13.2. The summed E-state index contributed by atoms with van der Waals surface area (Å²) in [5.74, 6) is 0.337. The summed E-state index contributed by atoms with van der Waals surface area (Å²) < 4.78 is 46.2. The van der Waals surface area contributed by atoms with E-state index < -0.39 is 17.6 Å². The Morgan fingerprint density at radius 1 is 1.07 bits per heavy atom. The van der Waals surface area contributed by atoms with Crippen molar-refractivity contribution in [3.05, 3.63) is 83.7 Å². The van der Waals surface area contributed by atoms with Crippen LogP contribution < -0.4 is 15.0 Å². The molecule has 40 heavy (non-hydrogen) atoms. The smallest absolute Gasteiger partial charge is 0.416 e. The van der Waals surface area contributed by atoms with E-state index in [4.69, 9.17) is 4.74 Å². The molecule has 5 rings (SSSR count). The number of ether oxygens (including phenoxy) is 1. The molecular weight excluding hydrogens is 523 g/mol. The number of hydrogen-bond acceptors (Lipinski definition) is 5. The fraction of sp³-hybridized carbons (Fsp3) is 0.276. The Morgan fingerprint density at radius 2 is 1.82 bits per heavy atom. The summed E-state index contributed by atoms with van der Waals surface area (Å²) in [6, 6.07) is 14.8. The van der Waals surface area contributed by atoms with Gasteiger partial charge in [0, 0.05) is 62.3 Å². The van der Waals surface area contributed by atoms with E-state index in [-0.39, 0.29) is 17.5 Å². The number of hydrogen-bond donors (Lipinski definition) is 1. The van der Waals surface area contributed by atoms with Crippen LogP contribution in [0, 0.1) is 0 Å². The summed E-state index contributed by atoms with van der Waals surface area (Å²) in [7, 11) is 3.38. The van der Waals surface area contributed by atoms with Gasteiger partial charge in [-0.15, -0.1) is 0 Å². The Balaban J connectivity index is 1.28. The number of fused-ring (bicyclic) bond motifs is 1. The molecule has 0 saturated carbocycles. The van der Waals surface area contributed by atoms with Crippen LogP contribution >= 0.6 is 0 Å². The van der Waals surface area contributed by atoms with Gasteiger partial charge >= 0.3 is 6.18 Å². The summed E-state index contributed by atoms with van der Waals surface area (Å²) in [6.45, 7) is 4.21. The number of aryl methyl sites for hydroxylation is 1. The number of aromatic nitrogens is 2. The second-order valence-corrected chi connectivity index (χ2v) is 9.76. The molecule has 11 heteroatoms. The van der Waals surface area contributed by atoms with E-state index in [1.54, 1.807) is 18.2 Å². The Morgan fingerprint density at radius 3 is 2.48 bits per heavy atom. The van der Waals surface area contributed by atoms with Gasteiger partial charge in [-0.1, -0.05) is 0 Å². The molecule has 8 nitrogen and oxygen atoms in total. The topological polar surface area (TPSA) is 79.7 Å². The van der Waals surface area contributed by atoms with E-state index in [1.807, 2.05) is 41.6 Å². The summed E-state index contributed by atoms with van der Waals surface area (Å²) >= 11 is 0. The lowest BCUT2D eigenvalue weighted by Gasteiger charge is -2.34. The molecule has 208 valence electrons. The van der Waals surface area contributed by atoms with Gasteiger partial charge in [0.2, 0.25) is 5.88 Å². The molecule has 2 aromatic heterocycles. The SMILES string of the molecule is C[C@H]1CNCCN1C(=O)c1cc2cc(Oc3ccc(N(C)C(=O)c4ccc(C(F)(F)F)cc4)cn3)ccc2n1C. The van der Waals surface area contributed by atoms with E-state index >= 15 is 0 Å². The van der Waals surface area contributed by atoms with Crippen molar-refractivity contribution >= 4 is 28.4 Å². The second kappa shape index (κ2) is 10.6. The number of pyridine rings is 1. The van der Waals surface area contributed by atoms with Gasteiger partial charge in [0.1, 0.15) is 11.4 Å². The van der Waals surface area contributed by atoms with Gasteiger partial charge in [-0.25, -0.2) is 4.98 Å². The Bertz CT molecular complexity index is 1550. The first-order chi connectivity index (χ1) is 19.0. The highest BCUT2D eigenvalue weighted by atomic mass is 19.4. The fourth-order valence-electron chi connectivity index (χ4n) is 4.75. The largest absolute Gasteiger partial charge is 0.439 e. The van der Waals surface area contributed by atoms with Crippen molar-refractivity contribution in [1.82, 2.24) is 19.8 Å². The third-order valence-corrected chi connectivity index (χ3v) is 7.09. The van der Waals surface area contributed by atoms with Crippen LogP contribution in [-0.2, 0) is 13.2 Å². The molecule has 2 amide bonds. The third kappa shape index (κ3) is 5.37. The minimum absolute atomic E-state index is 0.0117. The molecule has 3 heterocycles. The molecule has 0 radical (unpaired) electrons. The van der Waals surface area contributed by atoms with Crippen molar-refractivity contribution in [2.45, 2.75) is 19.1 Å². The molecule has 0 bridgehead atoms. The van der Waals surface area contributed by atoms with Gasteiger partial charge in [0.15, 0.2) is 0 Å². The number of benzene rings is 2. The van der Waals surface area contributed by atoms with Gasteiger partial charge in [0.25, 0.3) is 11.8 Å². The van der Waals surface area contributed by atoms with E-state index in [1.165, 1.54) is 18.1 Å². The van der Waals surface area contributed by atoms with Gasteiger partial charge in [-0.3, -0.25) is 9.59 Å². The molecule has 1 aliphatic rings. The van der Waals surface area contributed by atoms with E-state index in [0.29, 0.717) is 29.6 Å². The average molecular weight is 552 g/mol. The number of carbonyl (C=O) groups excluding carboxylic acids is 2. The highest BCUT2D eigenvalue weighted by Gasteiger charge is 2.30. The Labute approximate surface area is 229 Å². The van der Waals surface area contributed by atoms with Crippen molar-refractivity contribution < 1.29 is 27.5 Å². The molecule has 2 aromatic carbocycles. The quantitative estimate of drug-likeness (QED) is 0.374. The van der Waals surface area contributed by atoms with Gasteiger partial charge < -0.3 is 24.4 Å². The fourth-order valence-corrected chi connectivity index (χ4v) is 4.75. The molecule has 4 aromatic rings. The van der Waals surface area contributed by atoms with E-state index in [9.17, 15) is 22.8 Å². The van der Waals surface area contributed by atoms with Crippen molar-refractivity contribution in [1.29, 1.82) is 0 Å². The minimum Gasteiger partial charge on any atom is -0.439 e. The summed E-state index contributed by atoms with van der Waals surface area (Å²) in [5.41, 5.74) is 1.24. The molecule has 0 aliphatic carbocycles. The zero-order valence-electron chi connectivity index (χ0n) is 22.2. The number of alkyl halides is 3. The normalized spacial score (nSPS) is 15.8. The first-order valence-corrected chi connectivity index (χ1v) is 12.7. The van der Waals surface area contributed by atoms with Crippen LogP contribution in [0.1, 0.15) is 33.3 Å². The van der Waals surface area contributed by atoms with Crippen molar-refractivity contribution in [2.24, 2.45) is 7.05 Å². The number of rotatable bonds is 5. The molecule has 0 spiro atoms. The number of anilines is 1. The summed E-state index contributed by atoms with van der Waals surface area (Å²) in [5, 5.41) is 4.15. The van der Waals surface area contributed by atoms with Crippen LogP contribution in [-0.4, -0.2) is 59.0 Å².